The largest absolute Gasteiger partial charge is 0.316 e. The van der Waals surface area contributed by atoms with Crippen LogP contribution in [-0.4, -0.2) is 25.7 Å². The number of nitrogens with one attached hydrogen (secondary N) is 2. The highest BCUT2D eigenvalue weighted by Crippen LogP contribution is 2.11. The van der Waals surface area contributed by atoms with Gasteiger partial charge in [0.2, 0.25) is 0 Å². The lowest BCUT2D eigenvalue weighted by Gasteiger charge is -2.18. The minimum atomic E-state index is 0.694. The Kier molecular flexibility index (Phi) is 3.16. The summed E-state index contributed by atoms with van der Waals surface area (Å²) in [6, 6.07) is 0.694. The van der Waals surface area contributed by atoms with Crippen LogP contribution >= 0.6 is 0 Å². The molecular formula is C8H18N2. The first-order valence-corrected chi connectivity index (χ1v) is 4.28. The monoisotopic (exact) mass is 142 g/mol. The predicted octanol–water partition coefficient (Wildman–Crippen LogP) is 0.594. The predicted molar refractivity (Wildman–Crippen MR) is 44.1 cm³/mol. The Bertz CT molecular complexity index is 87.3. The average Bonchev–Trinajstić information content (AvgIpc) is 2.38. The molecule has 0 aromatic heterocycles. The van der Waals surface area contributed by atoms with Crippen molar-refractivity contribution in [3.8, 4) is 0 Å². The standard InChI is InChI=1S/C8H18N2/c1-3-10-7(2)8-4-5-9-6-8/h7-10H,3-6H2,1-2H3/t7-,8?/m0/s1. The fraction of sp³-hybridized carbons (Fsp3) is 1.00. The van der Waals surface area contributed by atoms with Gasteiger partial charge >= 0.3 is 0 Å². The molecule has 1 aliphatic heterocycles. The molecule has 0 amide bonds. The maximum atomic E-state index is 3.45. The molecule has 10 heavy (non-hydrogen) atoms. The molecule has 0 aromatic rings. The second-order valence-corrected chi connectivity index (χ2v) is 3.10. The van der Waals surface area contributed by atoms with Gasteiger partial charge in [-0.1, -0.05) is 6.92 Å². The van der Waals surface area contributed by atoms with E-state index in [1.54, 1.807) is 0 Å². The summed E-state index contributed by atoms with van der Waals surface area (Å²) in [6.07, 6.45) is 1.34. The average molecular weight is 142 g/mol. The highest BCUT2D eigenvalue weighted by atomic mass is 15.0. The highest BCUT2D eigenvalue weighted by Gasteiger charge is 2.19. The van der Waals surface area contributed by atoms with E-state index in [1.807, 2.05) is 0 Å². The lowest BCUT2D eigenvalue weighted by molar-refractivity contribution is 0.408. The van der Waals surface area contributed by atoms with Gasteiger partial charge in [-0.25, -0.2) is 0 Å². The zero-order valence-corrected chi connectivity index (χ0v) is 6.98. The third-order valence-corrected chi connectivity index (χ3v) is 2.33. The van der Waals surface area contributed by atoms with Crippen LogP contribution < -0.4 is 10.6 Å². The molecule has 0 aromatic carbocycles. The van der Waals surface area contributed by atoms with Crippen LogP contribution in [0.3, 0.4) is 0 Å². The third kappa shape index (κ3) is 1.96. The molecule has 1 saturated heterocycles. The molecule has 0 bridgehead atoms. The number of hydrogen-bond donors (Lipinski definition) is 2. The summed E-state index contributed by atoms with van der Waals surface area (Å²) in [4.78, 5) is 0. The summed E-state index contributed by atoms with van der Waals surface area (Å²) in [5.41, 5.74) is 0. The molecule has 2 heteroatoms. The van der Waals surface area contributed by atoms with Crippen molar-refractivity contribution in [3.05, 3.63) is 0 Å². The Morgan fingerprint density at radius 3 is 3.00 bits per heavy atom. The highest BCUT2D eigenvalue weighted by molar-refractivity contribution is 4.79. The van der Waals surface area contributed by atoms with Crippen molar-refractivity contribution in [2.24, 2.45) is 5.92 Å². The van der Waals surface area contributed by atoms with Crippen LogP contribution in [0.4, 0.5) is 0 Å². The van der Waals surface area contributed by atoms with Crippen molar-refractivity contribution in [3.63, 3.8) is 0 Å². The van der Waals surface area contributed by atoms with E-state index in [9.17, 15) is 0 Å². The first-order chi connectivity index (χ1) is 4.84. The van der Waals surface area contributed by atoms with E-state index >= 15 is 0 Å². The van der Waals surface area contributed by atoms with E-state index < -0.39 is 0 Å². The molecule has 1 aliphatic rings. The van der Waals surface area contributed by atoms with E-state index in [-0.39, 0.29) is 0 Å². The Labute approximate surface area is 63.4 Å². The van der Waals surface area contributed by atoms with E-state index in [1.165, 1.54) is 19.5 Å². The van der Waals surface area contributed by atoms with E-state index in [2.05, 4.69) is 24.5 Å². The number of hydrogen-bond acceptors (Lipinski definition) is 2. The Balaban J connectivity index is 2.18. The topological polar surface area (TPSA) is 24.1 Å². The van der Waals surface area contributed by atoms with Gasteiger partial charge in [-0.15, -0.1) is 0 Å². The smallest absolute Gasteiger partial charge is 0.00794 e. The van der Waals surface area contributed by atoms with Crippen LogP contribution in [0.1, 0.15) is 20.3 Å². The van der Waals surface area contributed by atoms with Crippen molar-refractivity contribution in [2.45, 2.75) is 26.3 Å². The van der Waals surface area contributed by atoms with Gasteiger partial charge in [0, 0.05) is 6.04 Å². The van der Waals surface area contributed by atoms with Gasteiger partial charge in [-0.05, 0) is 38.9 Å². The molecule has 0 radical (unpaired) electrons. The summed E-state index contributed by atoms with van der Waals surface area (Å²) in [5.74, 6) is 0.861. The summed E-state index contributed by atoms with van der Waals surface area (Å²) in [5, 5.41) is 6.82. The lowest BCUT2D eigenvalue weighted by atomic mass is 10.0. The van der Waals surface area contributed by atoms with Crippen molar-refractivity contribution >= 4 is 0 Å². The molecule has 0 spiro atoms. The SMILES string of the molecule is CCN[C@@H](C)C1CCNC1. The van der Waals surface area contributed by atoms with Crippen molar-refractivity contribution in [1.29, 1.82) is 0 Å². The van der Waals surface area contributed by atoms with Crippen LogP contribution in [0.15, 0.2) is 0 Å². The van der Waals surface area contributed by atoms with Crippen molar-refractivity contribution < 1.29 is 0 Å². The minimum Gasteiger partial charge on any atom is -0.316 e. The third-order valence-electron chi connectivity index (χ3n) is 2.33. The number of rotatable bonds is 3. The fourth-order valence-corrected chi connectivity index (χ4v) is 1.59. The van der Waals surface area contributed by atoms with Crippen LogP contribution in [0.25, 0.3) is 0 Å². The summed E-state index contributed by atoms with van der Waals surface area (Å²) < 4.78 is 0. The minimum absolute atomic E-state index is 0.694. The molecule has 1 unspecified atom stereocenters. The first kappa shape index (κ1) is 8.02. The Hall–Kier alpha value is -0.0800. The summed E-state index contributed by atoms with van der Waals surface area (Å²) in [6.45, 7) is 7.95. The molecule has 2 N–H and O–H groups in total. The van der Waals surface area contributed by atoms with Crippen LogP contribution in [-0.2, 0) is 0 Å². The maximum Gasteiger partial charge on any atom is 0.00794 e. The Morgan fingerprint density at radius 2 is 2.50 bits per heavy atom. The van der Waals surface area contributed by atoms with Gasteiger partial charge in [0.15, 0.2) is 0 Å². The second kappa shape index (κ2) is 3.94. The van der Waals surface area contributed by atoms with Gasteiger partial charge in [-0.2, -0.15) is 0 Å². The summed E-state index contributed by atoms with van der Waals surface area (Å²) >= 11 is 0. The zero-order valence-electron chi connectivity index (χ0n) is 6.98. The van der Waals surface area contributed by atoms with Gasteiger partial charge in [-0.3, -0.25) is 0 Å². The molecule has 1 heterocycles. The first-order valence-electron chi connectivity index (χ1n) is 4.28. The lowest BCUT2D eigenvalue weighted by Crippen LogP contribution is -2.34. The molecule has 60 valence electrons. The van der Waals surface area contributed by atoms with Crippen LogP contribution in [0, 0.1) is 5.92 Å². The Morgan fingerprint density at radius 1 is 1.70 bits per heavy atom. The fourth-order valence-electron chi connectivity index (χ4n) is 1.59. The van der Waals surface area contributed by atoms with Gasteiger partial charge in [0.05, 0.1) is 0 Å². The van der Waals surface area contributed by atoms with Crippen LogP contribution in [0.2, 0.25) is 0 Å². The molecule has 2 nitrogen and oxygen atoms in total. The normalized spacial score (nSPS) is 28.8. The van der Waals surface area contributed by atoms with Crippen molar-refractivity contribution in [1.82, 2.24) is 10.6 Å². The second-order valence-electron chi connectivity index (χ2n) is 3.10. The molecule has 1 rings (SSSR count). The molecule has 1 fully saturated rings. The van der Waals surface area contributed by atoms with E-state index in [4.69, 9.17) is 0 Å². The van der Waals surface area contributed by atoms with Gasteiger partial charge in [0.1, 0.15) is 0 Å². The molecule has 0 saturated carbocycles. The summed E-state index contributed by atoms with van der Waals surface area (Å²) in [7, 11) is 0. The van der Waals surface area contributed by atoms with Gasteiger partial charge in [0.25, 0.3) is 0 Å². The molecule has 2 atom stereocenters. The molecule has 0 aliphatic carbocycles. The van der Waals surface area contributed by atoms with Crippen LogP contribution in [0.5, 0.6) is 0 Å². The van der Waals surface area contributed by atoms with Gasteiger partial charge < -0.3 is 10.6 Å². The maximum absolute atomic E-state index is 3.45. The quantitative estimate of drug-likeness (QED) is 0.603. The molecular weight excluding hydrogens is 124 g/mol. The van der Waals surface area contributed by atoms with Crippen molar-refractivity contribution in [2.75, 3.05) is 19.6 Å². The zero-order chi connectivity index (χ0) is 7.40. The van der Waals surface area contributed by atoms with E-state index in [0.717, 1.165) is 12.5 Å². The van der Waals surface area contributed by atoms with E-state index in [0.29, 0.717) is 6.04 Å².